The third-order valence-corrected chi connectivity index (χ3v) is 3.67. The van der Waals surface area contributed by atoms with Gasteiger partial charge in [-0.1, -0.05) is 32.1 Å². The number of nitrogens with two attached hydrogens (primary N) is 1. The zero-order valence-electron chi connectivity index (χ0n) is 11.3. The van der Waals surface area contributed by atoms with E-state index < -0.39 is 0 Å². The minimum Gasteiger partial charge on any atom is -0.330 e. The Morgan fingerprint density at radius 1 is 1.50 bits per heavy atom. The SMILES string of the molecule is CC(C)(C)C(CCN)CCC(=O)Nc1nncs1. The maximum atomic E-state index is 11.7. The molecule has 0 aliphatic heterocycles. The second-order valence-corrected chi connectivity index (χ2v) is 6.30. The smallest absolute Gasteiger partial charge is 0.226 e. The van der Waals surface area contributed by atoms with Gasteiger partial charge in [0.25, 0.3) is 0 Å². The maximum absolute atomic E-state index is 11.7. The molecule has 0 aliphatic carbocycles. The molecule has 0 spiro atoms. The molecular formula is C12H22N4OS. The van der Waals surface area contributed by atoms with Crippen LogP contribution < -0.4 is 11.1 Å². The molecule has 3 N–H and O–H groups in total. The average Bonchev–Trinajstić information content (AvgIpc) is 2.75. The van der Waals surface area contributed by atoms with Crippen molar-refractivity contribution in [1.82, 2.24) is 10.2 Å². The van der Waals surface area contributed by atoms with Crippen LogP contribution in [0.25, 0.3) is 0 Å². The third kappa shape index (κ3) is 5.10. The van der Waals surface area contributed by atoms with Crippen molar-refractivity contribution in [2.45, 2.75) is 40.0 Å². The minimum atomic E-state index is -0.00183. The zero-order chi connectivity index (χ0) is 13.6. The Kier molecular flexibility index (Phi) is 5.68. The highest BCUT2D eigenvalue weighted by molar-refractivity contribution is 7.13. The normalized spacial score (nSPS) is 13.3. The van der Waals surface area contributed by atoms with Crippen molar-refractivity contribution in [3.05, 3.63) is 5.51 Å². The number of carbonyl (C=O) groups excluding carboxylic acids is 1. The van der Waals surface area contributed by atoms with E-state index in [-0.39, 0.29) is 11.3 Å². The number of aromatic nitrogens is 2. The van der Waals surface area contributed by atoms with Gasteiger partial charge in [0.1, 0.15) is 5.51 Å². The molecule has 0 aliphatic rings. The standard InChI is InChI=1S/C12H22N4OS/c1-12(2,3)9(6-7-13)4-5-10(17)15-11-16-14-8-18-11/h8-9H,4-7,13H2,1-3H3,(H,15,16,17). The first-order valence-corrected chi connectivity index (χ1v) is 7.07. The highest BCUT2D eigenvalue weighted by atomic mass is 32.1. The summed E-state index contributed by atoms with van der Waals surface area (Å²) >= 11 is 1.33. The number of carbonyl (C=O) groups is 1. The summed E-state index contributed by atoms with van der Waals surface area (Å²) in [5.74, 6) is 0.459. The summed E-state index contributed by atoms with van der Waals surface area (Å²) in [6.07, 6.45) is 2.31. The first-order valence-electron chi connectivity index (χ1n) is 6.19. The Morgan fingerprint density at radius 3 is 2.72 bits per heavy atom. The molecule has 1 unspecified atom stereocenters. The molecule has 6 heteroatoms. The van der Waals surface area contributed by atoms with Crippen LogP contribution >= 0.6 is 11.3 Å². The molecular weight excluding hydrogens is 248 g/mol. The van der Waals surface area contributed by atoms with Crippen LogP contribution in [0.4, 0.5) is 5.13 Å². The summed E-state index contributed by atoms with van der Waals surface area (Å²) in [5, 5.41) is 10.8. The molecule has 0 saturated carbocycles. The highest BCUT2D eigenvalue weighted by Gasteiger charge is 2.24. The average molecular weight is 270 g/mol. The number of hydrogen-bond donors (Lipinski definition) is 2. The van der Waals surface area contributed by atoms with Gasteiger partial charge < -0.3 is 11.1 Å². The number of amides is 1. The van der Waals surface area contributed by atoms with Crippen LogP contribution in [-0.2, 0) is 4.79 Å². The summed E-state index contributed by atoms with van der Waals surface area (Å²) in [4.78, 5) is 11.7. The van der Waals surface area contributed by atoms with E-state index in [4.69, 9.17) is 5.73 Å². The van der Waals surface area contributed by atoms with E-state index in [0.29, 0.717) is 24.0 Å². The number of nitrogens with one attached hydrogen (secondary N) is 1. The van der Waals surface area contributed by atoms with Crippen LogP contribution in [0.5, 0.6) is 0 Å². The van der Waals surface area contributed by atoms with E-state index in [1.165, 1.54) is 11.3 Å². The molecule has 0 saturated heterocycles. The van der Waals surface area contributed by atoms with E-state index in [9.17, 15) is 4.79 Å². The molecule has 1 atom stereocenters. The molecule has 5 nitrogen and oxygen atoms in total. The van der Waals surface area contributed by atoms with Gasteiger partial charge in [0.2, 0.25) is 11.0 Å². The Bertz CT molecular complexity index is 359. The number of rotatable bonds is 6. The zero-order valence-corrected chi connectivity index (χ0v) is 12.1. The lowest BCUT2D eigenvalue weighted by molar-refractivity contribution is -0.116. The van der Waals surface area contributed by atoms with Crippen LogP contribution in [0.2, 0.25) is 0 Å². The Hall–Kier alpha value is -1.01. The van der Waals surface area contributed by atoms with Crippen molar-refractivity contribution in [2.24, 2.45) is 17.1 Å². The summed E-state index contributed by atoms with van der Waals surface area (Å²) in [7, 11) is 0. The van der Waals surface area contributed by atoms with E-state index in [1.807, 2.05) is 0 Å². The Morgan fingerprint density at radius 2 is 2.22 bits per heavy atom. The summed E-state index contributed by atoms with van der Waals surface area (Å²) in [5.41, 5.74) is 7.41. The molecule has 0 bridgehead atoms. The highest BCUT2D eigenvalue weighted by Crippen LogP contribution is 2.32. The molecule has 18 heavy (non-hydrogen) atoms. The summed E-state index contributed by atoms with van der Waals surface area (Å²) in [6.45, 7) is 7.24. The van der Waals surface area contributed by atoms with Crippen molar-refractivity contribution < 1.29 is 4.79 Å². The van der Waals surface area contributed by atoms with E-state index in [2.05, 4.69) is 36.3 Å². The van der Waals surface area contributed by atoms with Gasteiger partial charge in [0, 0.05) is 6.42 Å². The predicted molar refractivity (Wildman–Crippen MR) is 74.4 cm³/mol. The molecule has 0 fully saturated rings. The van der Waals surface area contributed by atoms with Gasteiger partial charge in [-0.15, -0.1) is 10.2 Å². The molecule has 1 amide bonds. The first-order chi connectivity index (χ1) is 8.43. The van der Waals surface area contributed by atoms with Crippen LogP contribution in [-0.4, -0.2) is 22.6 Å². The molecule has 1 aromatic heterocycles. The van der Waals surface area contributed by atoms with Gasteiger partial charge in [-0.2, -0.15) is 0 Å². The molecule has 0 aromatic carbocycles. The van der Waals surface area contributed by atoms with Crippen molar-refractivity contribution in [3.63, 3.8) is 0 Å². The van der Waals surface area contributed by atoms with Gasteiger partial charge in [0.15, 0.2) is 0 Å². The fourth-order valence-corrected chi connectivity index (χ4v) is 2.39. The van der Waals surface area contributed by atoms with E-state index >= 15 is 0 Å². The topological polar surface area (TPSA) is 80.9 Å². The summed E-state index contributed by atoms with van der Waals surface area (Å²) < 4.78 is 0. The minimum absolute atomic E-state index is 0.00183. The number of anilines is 1. The number of hydrogen-bond acceptors (Lipinski definition) is 5. The maximum Gasteiger partial charge on any atom is 0.226 e. The van der Waals surface area contributed by atoms with Crippen LogP contribution in [0.1, 0.15) is 40.0 Å². The van der Waals surface area contributed by atoms with Gasteiger partial charge in [-0.3, -0.25) is 4.79 Å². The van der Waals surface area contributed by atoms with Gasteiger partial charge >= 0.3 is 0 Å². The fraction of sp³-hybridized carbons (Fsp3) is 0.750. The quantitative estimate of drug-likeness (QED) is 0.831. The van der Waals surface area contributed by atoms with E-state index in [0.717, 1.165) is 12.8 Å². The Balaban J connectivity index is 2.40. The molecule has 102 valence electrons. The number of nitrogens with zero attached hydrogens (tertiary/aromatic N) is 2. The predicted octanol–water partition coefficient (Wildman–Crippen LogP) is 2.27. The van der Waals surface area contributed by atoms with Crippen LogP contribution in [0, 0.1) is 11.3 Å². The Labute approximate surface area is 112 Å². The third-order valence-electron chi connectivity index (χ3n) is 3.07. The largest absolute Gasteiger partial charge is 0.330 e. The lowest BCUT2D eigenvalue weighted by atomic mass is 9.76. The van der Waals surface area contributed by atoms with Gasteiger partial charge in [-0.25, -0.2) is 0 Å². The van der Waals surface area contributed by atoms with Gasteiger partial charge in [0.05, 0.1) is 0 Å². The fourth-order valence-electron chi connectivity index (χ4n) is 1.93. The van der Waals surface area contributed by atoms with Crippen molar-refractivity contribution in [2.75, 3.05) is 11.9 Å². The molecule has 1 heterocycles. The van der Waals surface area contributed by atoms with Crippen molar-refractivity contribution in [3.8, 4) is 0 Å². The second kappa shape index (κ2) is 6.80. The lowest BCUT2D eigenvalue weighted by Crippen LogP contribution is -2.25. The molecule has 1 aromatic rings. The van der Waals surface area contributed by atoms with Crippen molar-refractivity contribution in [1.29, 1.82) is 0 Å². The lowest BCUT2D eigenvalue weighted by Gasteiger charge is -2.30. The monoisotopic (exact) mass is 270 g/mol. The summed E-state index contributed by atoms with van der Waals surface area (Å²) in [6, 6.07) is 0. The van der Waals surface area contributed by atoms with E-state index in [1.54, 1.807) is 5.51 Å². The molecule has 1 rings (SSSR count). The van der Waals surface area contributed by atoms with Crippen LogP contribution in [0.3, 0.4) is 0 Å². The van der Waals surface area contributed by atoms with Crippen LogP contribution in [0.15, 0.2) is 5.51 Å². The molecule has 0 radical (unpaired) electrons. The van der Waals surface area contributed by atoms with Gasteiger partial charge in [-0.05, 0) is 30.7 Å². The first kappa shape index (κ1) is 15.0. The second-order valence-electron chi connectivity index (χ2n) is 5.47. The van der Waals surface area contributed by atoms with Crippen molar-refractivity contribution >= 4 is 22.4 Å².